The SMILES string of the molecule is CSc1nccc(-c2csc(C(C)(C)C)n2)n1. The second kappa shape index (κ2) is 4.74. The van der Waals surface area contributed by atoms with Gasteiger partial charge in [-0.2, -0.15) is 0 Å². The van der Waals surface area contributed by atoms with E-state index in [1.165, 1.54) is 0 Å². The van der Waals surface area contributed by atoms with Crippen LogP contribution in [0.5, 0.6) is 0 Å². The van der Waals surface area contributed by atoms with Crippen LogP contribution in [0.1, 0.15) is 25.8 Å². The highest BCUT2D eigenvalue weighted by Crippen LogP contribution is 2.29. The van der Waals surface area contributed by atoms with E-state index in [0.29, 0.717) is 0 Å². The van der Waals surface area contributed by atoms with Crippen LogP contribution in [0.25, 0.3) is 11.4 Å². The molecule has 0 spiro atoms. The summed E-state index contributed by atoms with van der Waals surface area (Å²) < 4.78 is 0. The second-order valence-corrected chi connectivity index (χ2v) is 6.35. The van der Waals surface area contributed by atoms with Gasteiger partial charge in [-0.15, -0.1) is 11.3 Å². The fraction of sp³-hybridized carbons (Fsp3) is 0.417. The molecule has 0 saturated carbocycles. The van der Waals surface area contributed by atoms with Crippen molar-refractivity contribution in [2.24, 2.45) is 0 Å². The van der Waals surface area contributed by atoms with Crippen molar-refractivity contribution in [3.05, 3.63) is 22.7 Å². The van der Waals surface area contributed by atoms with Gasteiger partial charge in [0.15, 0.2) is 5.16 Å². The molecular formula is C12H15N3S2. The van der Waals surface area contributed by atoms with Crippen LogP contribution in [0.15, 0.2) is 22.8 Å². The Morgan fingerprint density at radius 3 is 2.53 bits per heavy atom. The van der Waals surface area contributed by atoms with Crippen LogP contribution in [0.3, 0.4) is 0 Å². The van der Waals surface area contributed by atoms with E-state index in [-0.39, 0.29) is 5.41 Å². The molecule has 0 amide bonds. The fourth-order valence-corrected chi connectivity index (χ4v) is 2.57. The first-order valence-electron chi connectivity index (χ1n) is 5.34. The average molecular weight is 265 g/mol. The first-order valence-corrected chi connectivity index (χ1v) is 7.44. The Labute approximate surface area is 110 Å². The molecule has 0 aromatic carbocycles. The zero-order valence-electron chi connectivity index (χ0n) is 10.4. The van der Waals surface area contributed by atoms with E-state index < -0.39 is 0 Å². The molecule has 0 aliphatic carbocycles. The third kappa shape index (κ3) is 2.84. The number of hydrogen-bond donors (Lipinski definition) is 0. The maximum atomic E-state index is 4.65. The van der Waals surface area contributed by atoms with Crippen molar-refractivity contribution in [3.8, 4) is 11.4 Å². The van der Waals surface area contributed by atoms with E-state index in [0.717, 1.165) is 21.6 Å². The van der Waals surface area contributed by atoms with E-state index in [1.54, 1.807) is 29.3 Å². The van der Waals surface area contributed by atoms with Crippen molar-refractivity contribution in [1.82, 2.24) is 15.0 Å². The Kier molecular flexibility index (Phi) is 3.49. The molecule has 17 heavy (non-hydrogen) atoms. The van der Waals surface area contributed by atoms with E-state index in [2.05, 4.69) is 41.1 Å². The molecule has 2 aromatic rings. The summed E-state index contributed by atoms with van der Waals surface area (Å²) in [6.07, 6.45) is 3.75. The molecule has 0 aliphatic rings. The van der Waals surface area contributed by atoms with Gasteiger partial charge >= 0.3 is 0 Å². The molecule has 0 N–H and O–H groups in total. The minimum Gasteiger partial charge on any atom is -0.239 e. The predicted octanol–water partition coefficient (Wildman–Crippen LogP) is 3.62. The number of nitrogens with zero attached hydrogens (tertiary/aromatic N) is 3. The van der Waals surface area contributed by atoms with Crippen LogP contribution in [-0.4, -0.2) is 21.2 Å². The van der Waals surface area contributed by atoms with Crippen LogP contribution in [0.2, 0.25) is 0 Å². The predicted molar refractivity (Wildman–Crippen MR) is 73.6 cm³/mol. The number of thiazole rings is 1. The molecule has 0 aliphatic heterocycles. The molecule has 0 atom stereocenters. The monoisotopic (exact) mass is 265 g/mol. The third-order valence-corrected chi connectivity index (χ3v) is 4.05. The normalized spacial score (nSPS) is 11.8. The number of aromatic nitrogens is 3. The largest absolute Gasteiger partial charge is 0.239 e. The summed E-state index contributed by atoms with van der Waals surface area (Å²) >= 11 is 3.23. The van der Waals surface area contributed by atoms with Gasteiger partial charge in [0.1, 0.15) is 5.69 Å². The Balaban J connectivity index is 2.37. The van der Waals surface area contributed by atoms with Gasteiger partial charge < -0.3 is 0 Å². The van der Waals surface area contributed by atoms with E-state index in [9.17, 15) is 0 Å². The minimum absolute atomic E-state index is 0.0955. The molecule has 0 saturated heterocycles. The zero-order chi connectivity index (χ0) is 12.5. The van der Waals surface area contributed by atoms with Crippen molar-refractivity contribution in [1.29, 1.82) is 0 Å². The first kappa shape index (κ1) is 12.5. The van der Waals surface area contributed by atoms with Gasteiger partial charge in [0, 0.05) is 17.0 Å². The lowest BCUT2D eigenvalue weighted by Gasteiger charge is -2.13. The Hall–Kier alpha value is -0.940. The molecule has 0 fully saturated rings. The summed E-state index contributed by atoms with van der Waals surface area (Å²) in [5, 5.41) is 3.98. The topological polar surface area (TPSA) is 38.7 Å². The highest BCUT2D eigenvalue weighted by atomic mass is 32.2. The van der Waals surface area contributed by atoms with Crippen LogP contribution in [0, 0.1) is 0 Å². The summed E-state index contributed by atoms with van der Waals surface area (Å²) in [7, 11) is 0. The second-order valence-electron chi connectivity index (χ2n) is 4.72. The standard InChI is InChI=1S/C12H15N3S2/c1-12(2,3)10-14-9(7-17-10)8-5-6-13-11(15-8)16-4/h5-7H,1-4H3. The first-order chi connectivity index (χ1) is 8.00. The van der Waals surface area contributed by atoms with Crippen LogP contribution in [0.4, 0.5) is 0 Å². The van der Waals surface area contributed by atoms with E-state index >= 15 is 0 Å². The summed E-state index contributed by atoms with van der Waals surface area (Å²) in [5.74, 6) is 0. The number of hydrogen-bond acceptors (Lipinski definition) is 5. The van der Waals surface area contributed by atoms with Crippen LogP contribution < -0.4 is 0 Å². The fourth-order valence-electron chi connectivity index (χ4n) is 1.32. The summed E-state index contributed by atoms with van der Waals surface area (Å²) in [4.78, 5) is 13.3. The maximum absolute atomic E-state index is 4.65. The smallest absolute Gasteiger partial charge is 0.187 e. The number of thioether (sulfide) groups is 1. The van der Waals surface area contributed by atoms with Crippen molar-refractivity contribution in [2.75, 3.05) is 6.26 Å². The van der Waals surface area contributed by atoms with Crippen molar-refractivity contribution in [2.45, 2.75) is 31.3 Å². The molecule has 0 bridgehead atoms. The maximum Gasteiger partial charge on any atom is 0.187 e. The van der Waals surface area contributed by atoms with Gasteiger partial charge in [-0.3, -0.25) is 0 Å². The molecular weight excluding hydrogens is 250 g/mol. The average Bonchev–Trinajstić information content (AvgIpc) is 2.78. The molecule has 2 heterocycles. The summed E-state index contributed by atoms with van der Waals surface area (Å²) in [6, 6.07) is 1.90. The lowest BCUT2D eigenvalue weighted by Crippen LogP contribution is -2.10. The van der Waals surface area contributed by atoms with Gasteiger partial charge in [-0.25, -0.2) is 15.0 Å². The molecule has 90 valence electrons. The summed E-state index contributed by atoms with van der Waals surface area (Å²) in [5.41, 5.74) is 1.94. The number of rotatable bonds is 2. The van der Waals surface area contributed by atoms with Crippen LogP contribution in [-0.2, 0) is 5.41 Å². The van der Waals surface area contributed by atoms with Crippen molar-refractivity contribution < 1.29 is 0 Å². The van der Waals surface area contributed by atoms with Gasteiger partial charge in [0.2, 0.25) is 0 Å². The summed E-state index contributed by atoms with van der Waals surface area (Å²) in [6.45, 7) is 6.51. The Bertz CT molecular complexity index is 514. The van der Waals surface area contributed by atoms with Gasteiger partial charge in [-0.05, 0) is 12.3 Å². The van der Waals surface area contributed by atoms with Crippen molar-refractivity contribution in [3.63, 3.8) is 0 Å². The third-order valence-electron chi connectivity index (χ3n) is 2.22. The molecule has 0 unspecified atom stereocenters. The molecule has 2 rings (SSSR count). The molecule has 0 radical (unpaired) electrons. The molecule has 3 nitrogen and oxygen atoms in total. The van der Waals surface area contributed by atoms with E-state index in [4.69, 9.17) is 0 Å². The van der Waals surface area contributed by atoms with Crippen molar-refractivity contribution >= 4 is 23.1 Å². The Morgan fingerprint density at radius 1 is 1.18 bits per heavy atom. The van der Waals surface area contributed by atoms with Crippen LogP contribution >= 0.6 is 23.1 Å². The molecule has 5 heteroatoms. The van der Waals surface area contributed by atoms with Gasteiger partial charge in [0.25, 0.3) is 0 Å². The Morgan fingerprint density at radius 2 is 1.94 bits per heavy atom. The highest BCUT2D eigenvalue weighted by Gasteiger charge is 2.18. The molecule has 2 aromatic heterocycles. The zero-order valence-corrected chi connectivity index (χ0v) is 12.0. The van der Waals surface area contributed by atoms with Gasteiger partial charge in [0.05, 0.1) is 10.7 Å². The minimum atomic E-state index is 0.0955. The lowest BCUT2D eigenvalue weighted by atomic mass is 9.98. The lowest BCUT2D eigenvalue weighted by molar-refractivity contribution is 0.586. The van der Waals surface area contributed by atoms with Gasteiger partial charge in [-0.1, -0.05) is 32.5 Å². The quantitative estimate of drug-likeness (QED) is 0.614. The highest BCUT2D eigenvalue weighted by molar-refractivity contribution is 7.98. The van der Waals surface area contributed by atoms with E-state index in [1.807, 2.05) is 12.3 Å².